The molecule has 3 rings (SSSR count). The Balaban J connectivity index is 1.59. The van der Waals surface area contributed by atoms with E-state index < -0.39 is 15.9 Å². The van der Waals surface area contributed by atoms with Gasteiger partial charge in [-0.25, -0.2) is 8.42 Å². The molecule has 1 N–H and O–H groups in total. The van der Waals surface area contributed by atoms with Crippen molar-refractivity contribution in [2.24, 2.45) is 0 Å². The molecule has 0 aliphatic carbocycles. The molecule has 10 heteroatoms. The highest BCUT2D eigenvalue weighted by Crippen LogP contribution is 2.23. The Kier molecular flexibility index (Phi) is 8.06. The summed E-state index contributed by atoms with van der Waals surface area (Å²) in [5, 5.41) is 6.71. The quantitative estimate of drug-likeness (QED) is 0.464. The zero-order chi connectivity index (χ0) is 24.9. The van der Waals surface area contributed by atoms with Gasteiger partial charge >= 0.3 is 0 Å². The number of anilines is 1. The molecule has 0 bridgehead atoms. The second-order valence-corrected chi connectivity index (χ2v) is 10.3. The Bertz CT molecular complexity index is 1240. The second-order valence-electron chi connectivity index (χ2n) is 8.25. The van der Waals surface area contributed by atoms with Crippen LogP contribution in [0.25, 0.3) is 0 Å². The molecule has 0 saturated heterocycles. The third-order valence-electron chi connectivity index (χ3n) is 5.10. The first-order valence-electron chi connectivity index (χ1n) is 11.0. The molecule has 1 amide bonds. The highest BCUT2D eigenvalue weighted by atomic mass is 32.2. The predicted molar refractivity (Wildman–Crippen MR) is 128 cm³/mol. The van der Waals surface area contributed by atoms with Crippen LogP contribution in [0.5, 0.6) is 5.75 Å². The molecular weight excluding hydrogens is 456 g/mol. The molecule has 0 aliphatic rings. The topological polar surface area (TPSA) is 115 Å². The number of hydrogen-bond donors (Lipinski definition) is 1. The lowest BCUT2D eigenvalue weighted by Crippen LogP contribution is -2.35. The van der Waals surface area contributed by atoms with Crippen molar-refractivity contribution in [2.75, 3.05) is 25.5 Å². The van der Waals surface area contributed by atoms with E-state index in [1.54, 1.807) is 31.2 Å². The fraction of sp³-hybridized carbons (Fsp3) is 0.375. The standard InChI is InChI=1S/C24H30N4O5S/c1-6-32-21-12-11-20(13-17(21)4)34(30,31)28(5)15-23(29)25-19-9-7-18(8-10-19)14-22-26-24(16(2)3)33-27-22/h7-13,16H,6,14-15H2,1-5H3,(H,25,29). The third-order valence-corrected chi connectivity index (χ3v) is 6.90. The van der Waals surface area contributed by atoms with Crippen molar-refractivity contribution in [3.63, 3.8) is 0 Å². The van der Waals surface area contributed by atoms with E-state index in [0.717, 1.165) is 9.87 Å². The number of amides is 1. The Morgan fingerprint density at radius 1 is 1.18 bits per heavy atom. The molecule has 2 aromatic carbocycles. The van der Waals surface area contributed by atoms with Gasteiger partial charge < -0.3 is 14.6 Å². The number of aryl methyl sites for hydroxylation is 1. The maximum Gasteiger partial charge on any atom is 0.243 e. The van der Waals surface area contributed by atoms with Crippen LogP contribution in [0, 0.1) is 6.92 Å². The van der Waals surface area contributed by atoms with E-state index in [4.69, 9.17) is 9.26 Å². The van der Waals surface area contributed by atoms with Gasteiger partial charge in [-0.05, 0) is 55.3 Å². The highest BCUT2D eigenvalue weighted by Gasteiger charge is 2.24. The molecule has 0 atom stereocenters. The average molecular weight is 487 g/mol. The predicted octanol–water partition coefficient (Wildman–Crippen LogP) is 3.75. The molecule has 1 heterocycles. The molecule has 0 radical (unpaired) electrons. The highest BCUT2D eigenvalue weighted by molar-refractivity contribution is 7.89. The maximum absolute atomic E-state index is 12.9. The van der Waals surface area contributed by atoms with Gasteiger partial charge in [-0.1, -0.05) is 31.1 Å². The van der Waals surface area contributed by atoms with Crippen LogP contribution >= 0.6 is 0 Å². The monoisotopic (exact) mass is 486 g/mol. The molecule has 3 aromatic rings. The zero-order valence-corrected chi connectivity index (χ0v) is 20.8. The Morgan fingerprint density at radius 3 is 2.47 bits per heavy atom. The number of aromatic nitrogens is 2. The fourth-order valence-electron chi connectivity index (χ4n) is 3.23. The van der Waals surface area contributed by atoms with Crippen LogP contribution in [-0.2, 0) is 21.2 Å². The molecular formula is C24H30N4O5S. The summed E-state index contributed by atoms with van der Waals surface area (Å²) >= 11 is 0. The average Bonchev–Trinajstić information content (AvgIpc) is 3.25. The molecule has 0 spiro atoms. The number of carbonyl (C=O) groups is 1. The van der Waals surface area contributed by atoms with Crippen molar-refractivity contribution < 1.29 is 22.5 Å². The summed E-state index contributed by atoms with van der Waals surface area (Å²) in [5.41, 5.74) is 2.23. The molecule has 34 heavy (non-hydrogen) atoms. The van der Waals surface area contributed by atoms with Crippen molar-refractivity contribution in [3.05, 3.63) is 65.3 Å². The second kappa shape index (κ2) is 10.8. The van der Waals surface area contributed by atoms with Gasteiger partial charge in [-0.2, -0.15) is 9.29 Å². The van der Waals surface area contributed by atoms with Gasteiger partial charge in [0.25, 0.3) is 0 Å². The summed E-state index contributed by atoms with van der Waals surface area (Å²) in [6.45, 7) is 7.78. The van der Waals surface area contributed by atoms with Crippen LogP contribution in [0.3, 0.4) is 0 Å². The molecule has 0 aliphatic heterocycles. The van der Waals surface area contributed by atoms with Crippen LogP contribution < -0.4 is 10.1 Å². The number of nitrogens with zero attached hydrogens (tertiary/aromatic N) is 3. The number of carbonyl (C=O) groups excluding carboxylic acids is 1. The normalized spacial score (nSPS) is 11.7. The molecule has 0 fully saturated rings. The lowest BCUT2D eigenvalue weighted by molar-refractivity contribution is -0.116. The minimum atomic E-state index is -3.83. The maximum atomic E-state index is 12.9. The number of hydrogen-bond acceptors (Lipinski definition) is 7. The summed E-state index contributed by atoms with van der Waals surface area (Å²) in [6, 6.07) is 11.9. The lowest BCUT2D eigenvalue weighted by atomic mass is 10.1. The summed E-state index contributed by atoms with van der Waals surface area (Å²) < 4.78 is 37.5. The first-order valence-corrected chi connectivity index (χ1v) is 12.4. The van der Waals surface area contributed by atoms with Gasteiger partial charge in [-0.3, -0.25) is 4.79 Å². The minimum Gasteiger partial charge on any atom is -0.494 e. The molecule has 0 unspecified atom stereocenters. The van der Waals surface area contributed by atoms with E-state index in [0.29, 0.717) is 41.7 Å². The van der Waals surface area contributed by atoms with E-state index in [1.807, 2.05) is 32.9 Å². The number of rotatable bonds is 10. The largest absolute Gasteiger partial charge is 0.494 e. The van der Waals surface area contributed by atoms with Crippen LogP contribution in [0.15, 0.2) is 51.9 Å². The zero-order valence-electron chi connectivity index (χ0n) is 20.0. The van der Waals surface area contributed by atoms with Crippen molar-refractivity contribution >= 4 is 21.6 Å². The van der Waals surface area contributed by atoms with Crippen molar-refractivity contribution in [3.8, 4) is 5.75 Å². The lowest BCUT2D eigenvalue weighted by Gasteiger charge is -2.18. The Hall–Kier alpha value is -3.24. The van der Waals surface area contributed by atoms with Crippen LogP contribution in [0.4, 0.5) is 5.69 Å². The SMILES string of the molecule is CCOc1ccc(S(=O)(=O)N(C)CC(=O)Nc2ccc(Cc3noc(C(C)C)n3)cc2)cc1C. The third kappa shape index (κ3) is 6.21. The first kappa shape index (κ1) is 25.4. The number of sulfonamides is 1. The van der Waals surface area contributed by atoms with Gasteiger partial charge in [0.05, 0.1) is 18.0 Å². The van der Waals surface area contributed by atoms with Crippen molar-refractivity contribution in [1.29, 1.82) is 0 Å². The molecule has 9 nitrogen and oxygen atoms in total. The van der Waals surface area contributed by atoms with Gasteiger partial charge in [0.2, 0.25) is 21.8 Å². The Labute approximate surface area is 200 Å². The van der Waals surface area contributed by atoms with Gasteiger partial charge in [-0.15, -0.1) is 0 Å². The van der Waals surface area contributed by atoms with Crippen LogP contribution in [0.2, 0.25) is 0 Å². The van der Waals surface area contributed by atoms with E-state index in [-0.39, 0.29) is 17.4 Å². The van der Waals surface area contributed by atoms with Crippen molar-refractivity contribution in [2.45, 2.75) is 44.9 Å². The van der Waals surface area contributed by atoms with Crippen molar-refractivity contribution in [1.82, 2.24) is 14.4 Å². The number of benzene rings is 2. The fourth-order valence-corrected chi connectivity index (χ4v) is 4.44. The van der Waals surface area contributed by atoms with E-state index in [2.05, 4.69) is 15.5 Å². The smallest absolute Gasteiger partial charge is 0.243 e. The van der Waals surface area contributed by atoms with E-state index in [9.17, 15) is 13.2 Å². The number of likely N-dealkylation sites (N-methyl/N-ethyl adjacent to an activating group) is 1. The van der Waals surface area contributed by atoms with Crippen LogP contribution in [-0.4, -0.2) is 49.0 Å². The summed E-state index contributed by atoms with van der Waals surface area (Å²) in [6.07, 6.45) is 0.507. The number of nitrogens with one attached hydrogen (secondary N) is 1. The summed E-state index contributed by atoms with van der Waals surface area (Å²) in [4.78, 5) is 16.9. The summed E-state index contributed by atoms with van der Waals surface area (Å²) in [7, 11) is -2.46. The minimum absolute atomic E-state index is 0.107. The number of ether oxygens (including phenoxy) is 1. The molecule has 182 valence electrons. The van der Waals surface area contributed by atoms with Gasteiger partial charge in [0, 0.05) is 25.1 Å². The first-order chi connectivity index (χ1) is 16.1. The Morgan fingerprint density at radius 2 is 1.88 bits per heavy atom. The summed E-state index contributed by atoms with van der Waals surface area (Å²) in [5.74, 6) is 1.54. The van der Waals surface area contributed by atoms with E-state index >= 15 is 0 Å². The molecule has 0 saturated carbocycles. The van der Waals surface area contributed by atoms with Gasteiger partial charge in [0.15, 0.2) is 5.82 Å². The van der Waals surface area contributed by atoms with Crippen LogP contribution in [0.1, 0.15) is 49.5 Å². The van der Waals surface area contributed by atoms with Gasteiger partial charge in [0.1, 0.15) is 5.75 Å². The molecule has 1 aromatic heterocycles. The van der Waals surface area contributed by atoms with E-state index in [1.165, 1.54) is 13.1 Å².